The number of aromatic nitrogens is 2. The molecule has 0 saturated carbocycles. The Bertz CT molecular complexity index is 556. The van der Waals surface area contributed by atoms with E-state index < -0.39 is 0 Å². The number of thioether (sulfide) groups is 1. The van der Waals surface area contributed by atoms with Crippen LogP contribution < -0.4 is 21.3 Å². The van der Waals surface area contributed by atoms with Gasteiger partial charge in [-0.05, 0) is 25.3 Å². The van der Waals surface area contributed by atoms with Gasteiger partial charge in [0.2, 0.25) is 0 Å². The average molecular weight is 291 g/mol. The third-order valence-corrected chi connectivity index (χ3v) is 3.00. The number of nitrogens with two attached hydrogens (primary N) is 1. The van der Waals surface area contributed by atoms with Crippen LogP contribution in [0.2, 0.25) is 0 Å². The van der Waals surface area contributed by atoms with Crippen LogP contribution in [-0.2, 0) is 0 Å². The van der Waals surface area contributed by atoms with E-state index in [1.807, 2.05) is 37.4 Å². The van der Waals surface area contributed by atoms with Gasteiger partial charge in [0.25, 0.3) is 0 Å². The summed E-state index contributed by atoms with van der Waals surface area (Å²) in [4.78, 5) is 8.59. The van der Waals surface area contributed by atoms with Crippen molar-refractivity contribution in [1.29, 1.82) is 0 Å². The van der Waals surface area contributed by atoms with Crippen LogP contribution in [0.1, 0.15) is 6.92 Å². The summed E-state index contributed by atoms with van der Waals surface area (Å²) in [6, 6.07) is 9.44. The summed E-state index contributed by atoms with van der Waals surface area (Å²) < 4.78 is 5.46. The fourth-order valence-electron chi connectivity index (χ4n) is 1.63. The molecule has 2 aromatic rings. The molecular weight excluding hydrogens is 274 g/mol. The van der Waals surface area contributed by atoms with E-state index >= 15 is 0 Å². The third-order valence-electron chi connectivity index (χ3n) is 2.45. The van der Waals surface area contributed by atoms with Crippen LogP contribution in [0, 0.1) is 0 Å². The van der Waals surface area contributed by atoms with E-state index in [1.54, 1.807) is 6.07 Å². The van der Waals surface area contributed by atoms with Crippen molar-refractivity contribution in [2.75, 3.05) is 23.6 Å². The lowest BCUT2D eigenvalue weighted by Gasteiger charge is -2.10. The number of hydrogen-bond donors (Lipinski definition) is 3. The Balaban J connectivity index is 2.22. The highest BCUT2D eigenvalue weighted by molar-refractivity contribution is 7.98. The fraction of sp³-hybridized carbons (Fsp3) is 0.231. The smallest absolute Gasteiger partial charge is 0.191 e. The van der Waals surface area contributed by atoms with Crippen molar-refractivity contribution in [2.24, 2.45) is 5.84 Å². The average Bonchev–Trinajstić information content (AvgIpc) is 2.47. The molecule has 0 amide bonds. The summed E-state index contributed by atoms with van der Waals surface area (Å²) in [7, 11) is 0. The predicted molar refractivity (Wildman–Crippen MR) is 82.5 cm³/mol. The maximum absolute atomic E-state index is 5.46. The van der Waals surface area contributed by atoms with Gasteiger partial charge in [0.1, 0.15) is 17.4 Å². The van der Waals surface area contributed by atoms with Crippen LogP contribution in [0.25, 0.3) is 0 Å². The number of rotatable bonds is 6. The summed E-state index contributed by atoms with van der Waals surface area (Å²) in [5.74, 6) is 7.45. The Morgan fingerprint density at radius 1 is 1.25 bits per heavy atom. The molecule has 0 aliphatic heterocycles. The molecule has 1 aromatic carbocycles. The van der Waals surface area contributed by atoms with Crippen molar-refractivity contribution in [3.63, 3.8) is 0 Å². The van der Waals surface area contributed by atoms with Crippen LogP contribution in [0.3, 0.4) is 0 Å². The molecule has 0 spiro atoms. The van der Waals surface area contributed by atoms with E-state index in [0.29, 0.717) is 23.4 Å². The van der Waals surface area contributed by atoms with E-state index in [2.05, 4.69) is 20.7 Å². The van der Waals surface area contributed by atoms with E-state index in [-0.39, 0.29) is 0 Å². The summed E-state index contributed by atoms with van der Waals surface area (Å²) in [5.41, 5.74) is 3.42. The van der Waals surface area contributed by atoms with Gasteiger partial charge in [-0.3, -0.25) is 0 Å². The van der Waals surface area contributed by atoms with Crippen molar-refractivity contribution in [3.8, 4) is 5.75 Å². The van der Waals surface area contributed by atoms with Gasteiger partial charge >= 0.3 is 0 Å². The molecule has 0 fully saturated rings. The standard InChI is InChI=1S/C13H17N5OS/c1-3-19-10-6-4-5-9(7-10)15-11-8-12(18-14)17-13(16-11)20-2/h4-8H,3,14H2,1-2H3,(H2,15,16,17,18). The van der Waals surface area contributed by atoms with Gasteiger partial charge < -0.3 is 15.5 Å². The molecule has 0 atom stereocenters. The molecule has 2 rings (SSSR count). The minimum absolute atomic E-state index is 0.563. The van der Waals surface area contributed by atoms with Gasteiger partial charge in [0, 0.05) is 17.8 Å². The molecule has 0 aliphatic carbocycles. The zero-order valence-corrected chi connectivity index (χ0v) is 12.2. The molecule has 0 aliphatic rings. The first-order chi connectivity index (χ1) is 9.75. The summed E-state index contributed by atoms with van der Waals surface area (Å²) in [6.45, 7) is 2.59. The summed E-state index contributed by atoms with van der Waals surface area (Å²) >= 11 is 1.45. The topological polar surface area (TPSA) is 85.1 Å². The van der Waals surface area contributed by atoms with Crippen LogP contribution in [0.5, 0.6) is 5.75 Å². The molecule has 0 saturated heterocycles. The van der Waals surface area contributed by atoms with Crippen molar-refractivity contribution in [1.82, 2.24) is 9.97 Å². The van der Waals surface area contributed by atoms with Gasteiger partial charge in [0.15, 0.2) is 5.16 Å². The summed E-state index contributed by atoms with van der Waals surface area (Å²) in [6.07, 6.45) is 1.91. The Kier molecular flexibility index (Phi) is 5.03. The van der Waals surface area contributed by atoms with Crippen LogP contribution in [0.15, 0.2) is 35.5 Å². The number of ether oxygens (including phenoxy) is 1. The van der Waals surface area contributed by atoms with Crippen molar-refractivity contribution < 1.29 is 4.74 Å². The number of hydrazine groups is 1. The van der Waals surface area contributed by atoms with Crippen molar-refractivity contribution >= 4 is 29.1 Å². The SMILES string of the molecule is CCOc1cccc(Nc2cc(NN)nc(SC)n2)c1. The van der Waals surface area contributed by atoms with E-state index in [1.165, 1.54) is 11.8 Å². The molecule has 1 heterocycles. The molecule has 4 N–H and O–H groups in total. The van der Waals surface area contributed by atoms with Crippen molar-refractivity contribution in [3.05, 3.63) is 30.3 Å². The molecule has 106 valence electrons. The normalized spacial score (nSPS) is 10.2. The number of nitrogens with zero attached hydrogens (tertiary/aromatic N) is 2. The molecular formula is C13H17N5OS. The van der Waals surface area contributed by atoms with Crippen LogP contribution in [-0.4, -0.2) is 22.8 Å². The predicted octanol–water partition coefficient (Wildman–Crippen LogP) is 2.63. The first-order valence-electron chi connectivity index (χ1n) is 6.14. The minimum atomic E-state index is 0.563. The van der Waals surface area contributed by atoms with Gasteiger partial charge in [-0.1, -0.05) is 17.8 Å². The Hall–Kier alpha value is -1.99. The lowest BCUT2D eigenvalue weighted by atomic mass is 10.3. The highest BCUT2D eigenvalue weighted by atomic mass is 32.2. The van der Waals surface area contributed by atoms with Gasteiger partial charge in [-0.2, -0.15) is 0 Å². The summed E-state index contributed by atoms with van der Waals surface area (Å²) in [5, 5.41) is 3.85. The van der Waals surface area contributed by atoms with E-state index in [0.717, 1.165) is 11.4 Å². The maximum atomic E-state index is 5.46. The maximum Gasteiger partial charge on any atom is 0.191 e. The van der Waals surface area contributed by atoms with Gasteiger partial charge in [-0.15, -0.1) is 0 Å². The van der Waals surface area contributed by atoms with Crippen molar-refractivity contribution in [2.45, 2.75) is 12.1 Å². The Labute approximate surface area is 122 Å². The molecule has 7 heteroatoms. The quantitative estimate of drug-likeness (QED) is 0.326. The zero-order valence-electron chi connectivity index (χ0n) is 11.4. The number of anilines is 3. The van der Waals surface area contributed by atoms with E-state index in [9.17, 15) is 0 Å². The number of benzene rings is 1. The second kappa shape index (κ2) is 6.97. The molecule has 0 unspecified atom stereocenters. The van der Waals surface area contributed by atoms with Crippen LogP contribution >= 0.6 is 11.8 Å². The van der Waals surface area contributed by atoms with Crippen LogP contribution in [0.4, 0.5) is 17.3 Å². The van der Waals surface area contributed by atoms with Gasteiger partial charge in [0.05, 0.1) is 6.61 Å². The zero-order chi connectivity index (χ0) is 14.4. The first-order valence-corrected chi connectivity index (χ1v) is 7.37. The Morgan fingerprint density at radius 2 is 2.05 bits per heavy atom. The number of nitrogen functional groups attached to an aromatic ring is 1. The lowest BCUT2D eigenvalue weighted by molar-refractivity contribution is 0.340. The molecule has 6 nitrogen and oxygen atoms in total. The fourth-order valence-corrected chi connectivity index (χ4v) is 2.01. The first kappa shape index (κ1) is 14.4. The second-order valence-corrected chi connectivity index (χ2v) is 4.63. The minimum Gasteiger partial charge on any atom is -0.494 e. The molecule has 20 heavy (non-hydrogen) atoms. The number of nitrogens with one attached hydrogen (secondary N) is 2. The highest BCUT2D eigenvalue weighted by Crippen LogP contribution is 2.23. The Morgan fingerprint density at radius 3 is 2.75 bits per heavy atom. The number of hydrogen-bond acceptors (Lipinski definition) is 7. The molecule has 0 bridgehead atoms. The highest BCUT2D eigenvalue weighted by Gasteiger charge is 2.04. The van der Waals surface area contributed by atoms with Gasteiger partial charge in [-0.25, -0.2) is 15.8 Å². The molecule has 1 aromatic heterocycles. The molecule has 0 radical (unpaired) electrons. The monoisotopic (exact) mass is 291 g/mol. The lowest BCUT2D eigenvalue weighted by Crippen LogP contribution is -2.10. The van der Waals surface area contributed by atoms with E-state index in [4.69, 9.17) is 10.6 Å². The second-order valence-electron chi connectivity index (χ2n) is 3.86. The largest absolute Gasteiger partial charge is 0.494 e. The third kappa shape index (κ3) is 3.75.